The number of nitriles is 1. The summed E-state index contributed by atoms with van der Waals surface area (Å²) in [5, 5.41) is 18.0. The van der Waals surface area contributed by atoms with Crippen molar-refractivity contribution in [1.29, 1.82) is 5.26 Å². The average Bonchev–Trinajstić information content (AvgIpc) is 1.61. The van der Waals surface area contributed by atoms with Crippen LogP contribution in [0.1, 0.15) is 0 Å². The molecule has 3 heteroatoms. The Morgan fingerprint density at radius 1 is 1.83 bits per heavy atom. The summed E-state index contributed by atoms with van der Waals surface area (Å²) in [6.45, 7) is 0.379. The molecule has 34 valence electrons. The van der Waals surface area contributed by atoms with Gasteiger partial charge in [-0.05, 0) is 0 Å². The monoisotopic (exact) mass is 86.0 g/mol. The van der Waals surface area contributed by atoms with Crippen LogP contribution in [0.2, 0.25) is 0 Å². The predicted molar refractivity (Wildman–Crippen MR) is 20.7 cm³/mol. The second kappa shape index (κ2) is 4.25. The van der Waals surface area contributed by atoms with Crippen LogP contribution in [-0.4, -0.2) is 18.3 Å². The zero-order chi connectivity index (χ0) is 4.83. The molecule has 0 saturated carbocycles. The Hall–Kier alpha value is -0.750. The number of nitrogens with zero attached hydrogens (tertiary/aromatic N) is 1. The van der Waals surface area contributed by atoms with Crippen LogP contribution in [0.5, 0.6) is 0 Å². The molecule has 0 aliphatic rings. The van der Waals surface area contributed by atoms with Crippen molar-refractivity contribution in [3.8, 4) is 6.19 Å². The molecule has 6 heavy (non-hydrogen) atoms. The molecule has 2 N–H and O–H groups in total. The highest BCUT2D eigenvalue weighted by Gasteiger charge is 1.70. The van der Waals surface area contributed by atoms with Gasteiger partial charge in [-0.2, -0.15) is 5.26 Å². The summed E-state index contributed by atoms with van der Waals surface area (Å²) in [6, 6.07) is 0. The van der Waals surface area contributed by atoms with Crippen LogP contribution in [-0.2, 0) is 0 Å². The van der Waals surface area contributed by atoms with Gasteiger partial charge in [0.2, 0.25) is 0 Å². The lowest BCUT2D eigenvalue weighted by Gasteiger charge is -1.83. The molecule has 0 aromatic rings. The molecule has 0 heterocycles. The van der Waals surface area contributed by atoms with Gasteiger partial charge in [-0.3, -0.25) is 0 Å². The summed E-state index contributed by atoms with van der Waals surface area (Å²) >= 11 is 0. The van der Waals surface area contributed by atoms with Gasteiger partial charge in [0, 0.05) is 6.54 Å². The van der Waals surface area contributed by atoms with Gasteiger partial charge in [-0.1, -0.05) is 0 Å². The number of hydrogen-bond donors (Lipinski definition) is 2. The number of hydrogen-bond acceptors (Lipinski definition) is 3. The highest BCUT2D eigenvalue weighted by atomic mass is 16.3. The van der Waals surface area contributed by atoms with Crippen LogP contribution < -0.4 is 5.32 Å². The minimum atomic E-state index is 0.0214. The smallest absolute Gasteiger partial charge is 0.176 e. The normalized spacial score (nSPS) is 6.67. The molecule has 0 fully saturated rings. The molecule has 0 atom stereocenters. The second-order valence-corrected chi connectivity index (χ2v) is 0.762. The SMILES string of the molecule is N#CNCCO. The van der Waals surface area contributed by atoms with Crippen molar-refractivity contribution in [3.05, 3.63) is 0 Å². The average molecular weight is 86.1 g/mol. The minimum absolute atomic E-state index is 0.0214. The van der Waals surface area contributed by atoms with E-state index in [4.69, 9.17) is 10.4 Å². The van der Waals surface area contributed by atoms with E-state index in [1.165, 1.54) is 0 Å². The van der Waals surface area contributed by atoms with Crippen molar-refractivity contribution in [1.82, 2.24) is 5.32 Å². The molecular weight excluding hydrogens is 80.0 g/mol. The lowest BCUT2D eigenvalue weighted by Crippen LogP contribution is -2.10. The first-order valence-electron chi connectivity index (χ1n) is 1.64. The van der Waals surface area contributed by atoms with Gasteiger partial charge >= 0.3 is 0 Å². The second-order valence-electron chi connectivity index (χ2n) is 0.762. The Bertz CT molecular complexity index is 56.3. The van der Waals surface area contributed by atoms with Gasteiger partial charge in [0.1, 0.15) is 0 Å². The van der Waals surface area contributed by atoms with Crippen molar-refractivity contribution in [2.45, 2.75) is 0 Å². The third kappa shape index (κ3) is 3.25. The molecule has 0 aromatic heterocycles. The predicted octanol–water partition coefficient (Wildman–Crippen LogP) is -0.951. The molecule has 0 spiro atoms. The van der Waals surface area contributed by atoms with Crippen molar-refractivity contribution in [3.63, 3.8) is 0 Å². The van der Waals surface area contributed by atoms with Crippen LogP contribution in [0, 0.1) is 11.5 Å². The number of aliphatic hydroxyl groups is 1. The minimum Gasteiger partial charge on any atom is -0.395 e. The summed E-state index contributed by atoms with van der Waals surface area (Å²) in [5.74, 6) is 0. The Balaban J connectivity index is 2.54. The number of nitrogens with one attached hydrogen (secondary N) is 1. The molecule has 0 saturated heterocycles. The standard InChI is InChI=1S/C3H6N2O/c4-3-5-1-2-6/h5-6H,1-2H2. The Morgan fingerprint density at radius 3 is 2.67 bits per heavy atom. The fourth-order valence-electron chi connectivity index (χ4n) is 0.112. The molecule has 0 radical (unpaired) electrons. The molecule has 0 aromatic carbocycles. The molecule has 3 nitrogen and oxygen atoms in total. The van der Waals surface area contributed by atoms with Crippen molar-refractivity contribution >= 4 is 0 Å². The zero-order valence-corrected chi connectivity index (χ0v) is 3.31. The van der Waals surface area contributed by atoms with E-state index in [0.29, 0.717) is 6.54 Å². The maximum absolute atomic E-state index is 7.98. The van der Waals surface area contributed by atoms with E-state index >= 15 is 0 Å². The van der Waals surface area contributed by atoms with Gasteiger partial charge in [0.25, 0.3) is 0 Å². The van der Waals surface area contributed by atoms with Gasteiger partial charge in [-0.15, -0.1) is 0 Å². The topological polar surface area (TPSA) is 56.0 Å². The summed E-state index contributed by atoms with van der Waals surface area (Å²) in [5.41, 5.74) is 0. The fraction of sp³-hybridized carbons (Fsp3) is 0.667. The van der Waals surface area contributed by atoms with E-state index in [2.05, 4.69) is 5.32 Å². The molecule has 0 rings (SSSR count). The van der Waals surface area contributed by atoms with Crippen LogP contribution in [0.4, 0.5) is 0 Å². The first-order chi connectivity index (χ1) is 2.91. The van der Waals surface area contributed by atoms with E-state index < -0.39 is 0 Å². The first-order valence-corrected chi connectivity index (χ1v) is 1.64. The number of rotatable bonds is 2. The third-order valence-corrected chi connectivity index (χ3v) is 0.316. The van der Waals surface area contributed by atoms with Crippen molar-refractivity contribution in [2.24, 2.45) is 0 Å². The van der Waals surface area contributed by atoms with Gasteiger partial charge in [0.15, 0.2) is 6.19 Å². The number of aliphatic hydroxyl groups excluding tert-OH is 1. The zero-order valence-electron chi connectivity index (χ0n) is 3.31. The lowest BCUT2D eigenvalue weighted by atomic mass is 10.7. The fourth-order valence-corrected chi connectivity index (χ4v) is 0.112. The van der Waals surface area contributed by atoms with E-state index in [1.54, 1.807) is 6.19 Å². The summed E-state index contributed by atoms with van der Waals surface area (Å²) in [6.07, 6.45) is 1.66. The van der Waals surface area contributed by atoms with Crippen LogP contribution in [0.25, 0.3) is 0 Å². The van der Waals surface area contributed by atoms with Crippen molar-refractivity contribution in [2.75, 3.05) is 13.2 Å². The summed E-state index contributed by atoms with van der Waals surface area (Å²) < 4.78 is 0. The largest absolute Gasteiger partial charge is 0.395 e. The molecular formula is C3H6N2O. The molecule has 0 bridgehead atoms. The maximum Gasteiger partial charge on any atom is 0.176 e. The Morgan fingerprint density at radius 2 is 2.50 bits per heavy atom. The lowest BCUT2D eigenvalue weighted by molar-refractivity contribution is 0.299. The van der Waals surface area contributed by atoms with Crippen molar-refractivity contribution < 1.29 is 5.11 Å². The highest BCUT2D eigenvalue weighted by Crippen LogP contribution is 1.46. The molecule has 0 unspecified atom stereocenters. The Kier molecular flexibility index (Phi) is 3.72. The van der Waals surface area contributed by atoms with Gasteiger partial charge in [-0.25, -0.2) is 0 Å². The highest BCUT2D eigenvalue weighted by molar-refractivity contribution is 4.62. The van der Waals surface area contributed by atoms with Gasteiger partial charge < -0.3 is 10.4 Å². The molecule has 0 aliphatic carbocycles. The molecule has 0 amide bonds. The van der Waals surface area contributed by atoms with E-state index in [1.807, 2.05) is 0 Å². The van der Waals surface area contributed by atoms with E-state index in [0.717, 1.165) is 0 Å². The van der Waals surface area contributed by atoms with E-state index in [-0.39, 0.29) is 6.61 Å². The van der Waals surface area contributed by atoms with E-state index in [9.17, 15) is 0 Å². The Labute approximate surface area is 36.2 Å². The van der Waals surface area contributed by atoms with Crippen LogP contribution in [0.15, 0.2) is 0 Å². The summed E-state index contributed by atoms with van der Waals surface area (Å²) in [4.78, 5) is 0. The maximum atomic E-state index is 7.98. The third-order valence-electron chi connectivity index (χ3n) is 0.316. The summed E-state index contributed by atoms with van der Waals surface area (Å²) in [7, 11) is 0. The first kappa shape index (κ1) is 5.25. The van der Waals surface area contributed by atoms with Gasteiger partial charge in [0.05, 0.1) is 6.61 Å². The van der Waals surface area contributed by atoms with Crippen LogP contribution >= 0.6 is 0 Å². The quantitative estimate of drug-likeness (QED) is 0.259. The van der Waals surface area contributed by atoms with Crippen LogP contribution in [0.3, 0.4) is 0 Å². The molecule has 0 aliphatic heterocycles.